The quantitative estimate of drug-likeness (QED) is 0.895. The summed E-state index contributed by atoms with van der Waals surface area (Å²) in [6.07, 6.45) is 4.93. The lowest BCUT2D eigenvalue weighted by Gasteiger charge is -2.39. The first-order valence-electron chi connectivity index (χ1n) is 9.31. The maximum atomic E-state index is 12.9. The predicted molar refractivity (Wildman–Crippen MR) is 96.2 cm³/mol. The van der Waals surface area contributed by atoms with Crippen molar-refractivity contribution in [2.24, 2.45) is 0 Å². The molecule has 1 saturated heterocycles. The Bertz CT molecular complexity index is 705. The van der Waals surface area contributed by atoms with Gasteiger partial charge in [0.15, 0.2) is 0 Å². The zero-order valence-electron chi connectivity index (χ0n) is 14.7. The van der Waals surface area contributed by atoms with Crippen LogP contribution in [0.25, 0.3) is 11.0 Å². The summed E-state index contributed by atoms with van der Waals surface area (Å²) in [7, 11) is 0. The van der Waals surface area contributed by atoms with Crippen molar-refractivity contribution >= 4 is 16.9 Å². The summed E-state index contributed by atoms with van der Waals surface area (Å²) in [5, 5.41) is 3.13. The number of amides is 1. The number of fused-ring (bicyclic) bond motifs is 1. The van der Waals surface area contributed by atoms with Gasteiger partial charge in [0, 0.05) is 12.6 Å². The maximum Gasteiger partial charge on any atom is 0.240 e. The largest absolute Gasteiger partial charge is 0.378 e. The van der Waals surface area contributed by atoms with Gasteiger partial charge >= 0.3 is 0 Å². The van der Waals surface area contributed by atoms with E-state index in [2.05, 4.69) is 20.2 Å². The van der Waals surface area contributed by atoms with E-state index in [9.17, 15) is 4.79 Å². The highest BCUT2D eigenvalue weighted by atomic mass is 16.5. The van der Waals surface area contributed by atoms with Crippen molar-refractivity contribution in [3.63, 3.8) is 0 Å². The molecule has 1 aromatic carbocycles. The normalized spacial score (nSPS) is 23.8. The number of rotatable bonds is 4. The Labute approximate surface area is 147 Å². The van der Waals surface area contributed by atoms with Crippen molar-refractivity contribution in [3.8, 4) is 0 Å². The molecule has 1 aromatic heterocycles. The molecule has 2 aliphatic rings. The van der Waals surface area contributed by atoms with Crippen LogP contribution in [-0.4, -0.2) is 52.6 Å². The SMILES string of the molecule is CC(NC(=O)C1COCCN1C1CCCC1)c1nc2ccccc2[nH]1. The van der Waals surface area contributed by atoms with Gasteiger partial charge in [0.05, 0.1) is 30.3 Å². The summed E-state index contributed by atoms with van der Waals surface area (Å²) < 4.78 is 5.60. The number of carbonyl (C=O) groups is 1. The van der Waals surface area contributed by atoms with Crippen LogP contribution in [0.15, 0.2) is 24.3 Å². The second-order valence-electron chi connectivity index (χ2n) is 7.14. The third kappa shape index (κ3) is 3.41. The first-order valence-corrected chi connectivity index (χ1v) is 9.31. The zero-order chi connectivity index (χ0) is 17.2. The molecule has 6 nitrogen and oxygen atoms in total. The first-order chi connectivity index (χ1) is 12.2. The maximum absolute atomic E-state index is 12.9. The van der Waals surface area contributed by atoms with Gasteiger partial charge < -0.3 is 15.0 Å². The molecule has 25 heavy (non-hydrogen) atoms. The third-order valence-electron chi connectivity index (χ3n) is 5.44. The monoisotopic (exact) mass is 342 g/mol. The van der Waals surface area contributed by atoms with E-state index in [0.717, 1.165) is 30.0 Å². The van der Waals surface area contributed by atoms with E-state index in [1.807, 2.05) is 31.2 Å². The predicted octanol–water partition coefficient (Wildman–Crippen LogP) is 2.38. The van der Waals surface area contributed by atoms with E-state index in [1.54, 1.807) is 0 Å². The molecule has 1 aliphatic heterocycles. The number of benzene rings is 1. The standard InChI is InChI=1S/C19H26N4O2/c1-13(18-21-15-8-4-5-9-16(15)22-18)20-19(24)17-12-25-11-10-23(17)14-6-2-3-7-14/h4-5,8-9,13-14,17H,2-3,6-7,10-12H2,1H3,(H,20,24)(H,21,22). The van der Waals surface area contributed by atoms with Crippen LogP contribution in [0.1, 0.15) is 44.5 Å². The van der Waals surface area contributed by atoms with E-state index < -0.39 is 0 Å². The van der Waals surface area contributed by atoms with Gasteiger partial charge in [-0.2, -0.15) is 0 Å². The Morgan fingerprint density at radius 3 is 2.96 bits per heavy atom. The fraction of sp³-hybridized carbons (Fsp3) is 0.579. The second kappa shape index (κ2) is 7.14. The van der Waals surface area contributed by atoms with Crippen LogP contribution in [0.4, 0.5) is 0 Å². The number of ether oxygens (including phenoxy) is 1. The number of carbonyl (C=O) groups excluding carboxylic acids is 1. The molecule has 4 rings (SSSR count). The molecule has 2 heterocycles. The lowest BCUT2D eigenvalue weighted by atomic mass is 10.1. The van der Waals surface area contributed by atoms with Gasteiger partial charge in [0.25, 0.3) is 0 Å². The average Bonchev–Trinajstić information content (AvgIpc) is 3.31. The summed E-state index contributed by atoms with van der Waals surface area (Å²) in [6.45, 7) is 4.02. The van der Waals surface area contributed by atoms with Crippen LogP contribution in [0.5, 0.6) is 0 Å². The Hall–Kier alpha value is -1.92. The number of aromatic nitrogens is 2. The molecule has 2 atom stereocenters. The van der Waals surface area contributed by atoms with E-state index >= 15 is 0 Å². The number of aromatic amines is 1. The molecule has 6 heteroatoms. The lowest BCUT2D eigenvalue weighted by Crippen LogP contribution is -2.57. The number of morpholine rings is 1. The number of hydrogen-bond acceptors (Lipinski definition) is 4. The van der Waals surface area contributed by atoms with Gasteiger partial charge in [-0.15, -0.1) is 0 Å². The summed E-state index contributed by atoms with van der Waals surface area (Å²) >= 11 is 0. The van der Waals surface area contributed by atoms with Crippen LogP contribution in [0, 0.1) is 0 Å². The average molecular weight is 342 g/mol. The van der Waals surface area contributed by atoms with Gasteiger partial charge in [0.1, 0.15) is 11.9 Å². The molecule has 0 spiro atoms. The van der Waals surface area contributed by atoms with E-state index in [1.165, 1.54) is 25.7 Å². The number of imidazole rings is 1. The Kier molecular flexibility index (Phi) is 4.72. The molecule has 134 valence electrons. The summed E-state index contributed by atoms with van der Waals surface area (Å²) in [5.41, 5.74) is 1.92. The number of nitrogens with one attached hydrogen (secondary N) is 2. The van der Waals surface area contributed by atoms with Crippen molar-refractivity contribution in [3.05, 3.63) is 30.1 Å². The van der Waals surface area contributed by atoms with E-state index in [0.29, 0.717) is 12.6 Å². The minimum atomic E-state index is -0.191. The minimum absolute atomic E-state index is 0.0413. The lowest BCUT2D eigenvalue weighted by molar-refractivity contribution is -0.135. The molecule has 0 bridgehead atoms. The number of para-hydroxylation sites is 2. The Morgan fingerprint density at radius 1 is 1.36 bits per heavy atom. The summed E-state index contributed by atoms with van der Waals surface area (Å²) in [4.78, 5) is 23.1. The van der Waals surface area contributed by atoms with Crippen LogP contribution in [-0.2, 0) is 9.53 Å². The number of nitrogens with zero attached hydrogens (tertiary/aromatic N) is 2. The molecule has 1 saturated carbocycles. The van der Waals surface area contributed by atoms with Crippen LogP contribution in [0.3, 0.4) is 0 Å². The fourth-order valence-corrected chi connectivity index (χ4v) is 4.07. The van der Waals surface area contributed by atoms with Crippen LogP contribution in [0.2, 0.25) is 0 Å². The summed E-state index contributed by atoms with van der Waals surface area (Å²) in [5.74, 6) is 0.832. The fourth-order valence-electron chi connectivity index (χ4n) is 4.07. The highest BCUT2D eigenvalue weighted by Gasteiger charge is 2.35. The minimum Gasteiger partial charge on any atom is -0.378 e. The Morgan fingerprint density at radius 2 is 2.16 bits per heavy atom. The molecule has 1 amide bonds. The van der Waals surface area contributed by atoms with Crippen molar-refractivity contribution in [2.45, 2.75) is 50.7 Å². The van der Waals surface area contributed by atoms with Gasteiger partial charge in [-0.3, -0.25) is 9.69 Å². The number of hydrogen-bond donors (Lipinski definition) is 2. The molecular weight excluding hydrogens is 316 g/mol. The highest BCUT2D eigenvalue weighted by molar-refractivity contribution is 5.82. The van der Waals surface area contributed by atoms with Crippen molar-refractivity contribution in [1.82, 2.24) is 20.2 Å². The molecular formula is C19H26N4O2. The highest BCUT2D eigenvalue weighted by Crippen LogP contribution is 2.27. The van der Waals surface area contributed by atoms with Crippen molar-refractivity contribution in [1.29, 1.82) is 0 Å². The topological polar surface area (TPSA) is 70.2 Å². The van der Waals surface area contributed by atoms with Gasteiger partial charge in [-0.05, 0) is 31.9 Å². The molecule has 1 aliphatic carbocycles. The van der Waals surface area contributed by atoms with E-state index in [4.69, 9.17) is 4.74 Å². The van der Waals surface area contributed by atoms with Crippen molar-refractivity contribution in [2.75, 3.05) is 19.8 Å². The number of H-pyrrole nitrogens is 1. The van der Waals surface area contributed by atoms with E-state index in [-0.39, 0.29) is 18.0 Å². The molecule has 0 radical (unpaired) electrons. The molecule has 2 aromatic rings. The first kappa shape index (κ1) is 16.5. The summed E-state index contributed by atoms with van der Waals surface area (Å²) in [6, 6.07) is 8.09. The second-order valence-corrected chi connectivity index (χ2v) is 7.14. The zero-order valence-corrected chi connectivity index (χ0v) is 14.7. The van der Waals surface area contributed by atoms with Gasteiger partial charge in [-0.1, -0.05) is 25.0 Å². The molecule has 2 fully saturated rings. The van der Waals surface area contributed by atoms with Crippen LogP contribution >= 0.6 is 0 Å². The van der Waals surface area contributed by atoms with Gasteiger partial charge in [-0.25, -0.2) is 4.98 Å². The van der Waals surface area contributed by atoms with Gasteiger partial charge in [0.2, 0.25) is 5.91 Å². The molecule has 2 unspecified atom stereocenters. The van der Waals surface area contributed by atoms with Crippen molar-refractivity contribution < 1.29 is 9.53 Å². The smallest absolute Gasteiger partial charge is 0.240 e. The third-order valence-corrected chi connectivity index (χ3v) is 5.44. The molecule has 2 N–H and O–H groups in total. The Balaban J connectivity index is 1.45. The van der Waals surface area contributed by atoms with Crippen LogP contribution < -0.4 is 5.32 Å².